The number of hydrogen-bond acceptors (Lipinski definition) is 4. The van der Waals surface area contributed by atoms with Crippen LogP contribution >= 0.6 is 0 Å². The van der Waals surface area contributed by atoms with Crippen LogP contribution in [-0.4, -0.2) is 45.8 Å². The van der Waals surface area contributed by atoms with Gasteiger partial charge in [0.05, 0.1) is 13.2 Å². The fraction of sp³-hybridized carbons (Fsp3) is 0.500. The molecule has 0 spiro atoms. The molecular formula is C14H20FN3O2. The fourth-order valence-electron chi connectivity index (χ4n) is 2.25. The number of ether oxygens (including phenoxy) is 1. The number of piperazine rings is 1. The van der Waals surface area contributed by atoms with Crippen molar-refractivity contribution < 1.29 is 13.9 Å². The summed E-state index contributed by atoms with van der Waals surface area (Å²) in [4.78, 5) is 13.4. The summed E-state index contributed by atoms with van der Waals surface area (Å²) < 4.78 is 18.4. The molecule has 1 aromatic rings. The molecule has 2 N–H and O–H groups in total. The summed E-state index contributed by atoms with van der Waals surface area (Å²) in [6, 6.07) is 4.68. The van der Waals surface area contributed by atoms with E-state index in [4.69, 9.17) is 4.74 Å². The van der Waals surface area contributed by atoms with Gasteiger partial charge in [0, 0.05) is 39.0 Å². The van der Waals surface area contributed by atoms with Gasteiger partial charge < -0.3 is 20.3 Å². The highest BCUT2D eigenvalue weighted by molar-refractivity contribution is 5.83. The average molecular weight is 281 g/mol. The number of benzene rings is 1. The molecule has 2 rings (SSSR count). The molecule has 110 valence electrons. The molecule has 1 amide bonds. The van der Waals surface area contributed by atoms with Crippen molar-refractivity contribution in [1.82, 2.24) is 10.6 Å². The zero-order valence-electron chi connectivity index (χ0n) is 11.6. The van der Waals surface area contributed by atoms with E-state index in [1.807, 2.05) is 4.90 Å². The van der Waals surface area contributed by atoms with Gasteiger partial charge >= 0.3 is 0 Å². The molecule has 0 radical (unpaired) electrons. The largest absolute Gasteiger partial charge is 0.383 e. The summed E-state index contributed by atoms with van der Waals surface area (Å²) in [5.74, 6) is -0.266. The predicted molar refractivity (Wildman–Crippen MR) is 75.2 cm³/mol. The first-order valence-corrected chi connectivity index (χ1v) is 6.70. The number of methoxy groups -OCH3 is 1. The Morgan fingerprint density at radius 2 is 2.35 bits per heavy atom. The number of nitrogens with one attached hydrogen (secondary N) is 2. The van der Waals surface area contributed by atoms with E-state index in [-0.39, 0.29) is 11.7 Å². The van der Waals surface area contributed by atoms with Gasteiger partial charge in [-0.15, -0.1) is 0 Å². The van der Waals surface area contributed by atoms with Gasteiger partial charge in [-0.05, 0) is 23.8 Å². The highest BCUT2D eigenvalue weighted by Crippen LogP contribution is 2.22. The molecule has 1 heterocycles. The molecule has 5 nitrogen and oxygen atoms in total. The van der Waals surface area contributed by atoms with Gasteiger partial charge in [-0.25, -0.2) is 4.39 Å². The topological polar surface area (TPSA) is 53.6 Å². The Morgan fingerprint density at radius 3 is 3.10 bits per heavy atom. The quantitative estimate of drug-likeness (QED) is 0.746. The van der Waals surface area contributed by atoms with Crippen molar-refractivity contribution >= 4 is 11.6 Å². The number of halogens is 1. The number of hydrogen-bond donors (Lipinski definition) is 2. The lowest BCUT2D eigenvalue weighted by Gasteiger charge is -2.30. The predicted octanol–water partition coefficient (Wildman–Crippen LogP) is 0.498. The zero-order chi connectivity index (χ0) is 14.4. The average Bonchev–Trinajstić information content (AvgIpc) is 2.44. The Morgan fingerprint density at radius 1 is 1.50 bits per heavy atom. The third kappa shape index (κ3) is 3.91. The Bertz CT molecular complexity index is 468. The molecule has 1 saturated heterocycles. The van der Waals surface area contributed by atoms with Crippen LogP contribution in [0.15, 0.2) is 18.2 Å². The summed E-state index contributed by atoms with van der Waals surface area (Å²) in [6.07, 6.45) is 0. The van der Waals surface area contributed by atoms with E-state index < -0.39 is 0 Å². The molecule has 1 fully saturated rings. The lowest BCUT2D eigenvalue weighted by molar-refractivity contribution is -0.120. The molecular weight excluding hydrogens is 261 g/mol. The van der Waals surface area contributed by atoms with E-state index in [0.29, 0.717) is 32.8 Å². The van der Waals surface area contributed by atoms with Gasteiger partial charge in [0.2, 0.25) is 5.91 Å². The first-order chi connectivity index (χ1) is 9.70. The van der Waals surface area contributed by atoms with E-state index in [2.05, 4.69) is 10.6 Å². The molecule has 0 aromatic heterocycles. The molecule has 0 aliphatic carbocycles. The van der Waals surface area contributed by atoms with Crippen molar-refractivity contribution in [2.45, 2.75) is 6.54 Å². The van der Waals surface area contributed by atoms with Gasteiger partial charge in [-0.2, -0.15) is 0 Å². The first-order valence-electron chi connectivity index (χ1n) is 6.70. The minimum atomic E-state index is -0.265. The van der Waals surface area contributed by atoms with Crippen LogP contribution in [0.5, 0.6) is 0 Å². The molecule has 0 unspecified atom stereocenters. The molecule has 6 heteroatoms. The smallest absolute Gasteiger partial charge is 0.239 e. The molecule has 0 saturated carbocycles. The van der Waals surface area contributed by atoms with Crippen LogP contribution in [0.25, 0.3) is 0 Å². The molecule has 20 heavy (non-hydrogen) atoms. The van der Waals surface area contributed by atoms with Crippen molar-refractivity contribution in [3.8, 4) is 0 Å². The molecule has 1 aliphatic rings. The van der Waals surface area contributed by atoms with Gasteiger partial charge in [-0.1, -0.05) is 0 Å². The Balaban J connectivity index is 2.08. The summed E-state index contributed by atoms with van der Waals surface area (Å²) in [6.45, 7) is 3.53. The second-order valence-corrected chi connectivity index (χ2v) is 4.71. The molecule has 0 atom stereocenters. The number of carbonyl (C=O) groups excluding carboxylic acids is 1. The van der Waals surface area contributed by atoms with Crippen molar-refractivity contribution in [2.75, 3.05) is 44.8 Å². The van der Waals surface area contributed by atoms with Crippen molar-refractivity contribution in [3.63, 3.8) is 0 Å². The van der Waals surface area contributed by atoms with Gasteiger partial charge in [-0.3, -0.25) is 4.79 Å². The molecule has 0 bridgehead atoms. The van der Waals surface area contributed by atoms with E-state index in [9.17, 15) is 9.18 Å². The number of amides is 1. The van der Waals surface area contributed by atoms with Crippen LogP contribution in [-0.2, 0) is 16.1 Å². The normalized spacial score (nSPS) is 15.3. The lowest BCUT2D eigenvalue weighted by Crippen LogP contribution is -2.48. The van der Waals surface area contributed by atoms with E-state index >= 15 is 0 Å². The van der Waals surface area contributed by atoms with Crippen LogP contribution in [0.3, 0.4) is 0 Å². The second-order valence-electron chi connectivity index (χ2n) is 4.71. The van der Waals surface area contributed by atoms with Crippen LogP contribution < -0.4 is 15.5 Å². The summed E-state index contributed by atoms with van der Waals surface area (Å²) in [5, 5.41) is 5.99. The Kier molecular flexibility index (Phi) is 5.31. The van der Waals surface area contributed by atoms with Gasteiger partial charge in [0.1, 0.15) is 5.82 Å². The number of nitrogens with zero attached hydrogens (tertiary/aromatic N) is 1. The van der Waals surface area contributed by atoms with Gasteiger partial charge in [0.25, 0.3) is 0 Å². The number of rotatable bonds is 6. The van der Waals surface area contributed by atoms with Crippen LogP contribution in [0.4, 0.5) is 10.1 Å². The van der Waals surface area contributed by atoms with Crippen LogP contribution in [0, 0.1) is 5.82 Å². The third-order valence-corrected chi connectivity index (χ3v) is 3.22. The van der Waals surface area contributed by atoms with Crippen molar-refractivity contribution in [3.05, 3.63) is 29.6 Å². The summed E-state index contributed by atoms with van der Waals surface area (Å²) >= 11 is 0. The van der Waals surface area contributed by atoms with E-state index in [0.717, 1.165) is 17.8 Å². The minimum absolute atomic E-state index is 0.00105. The van der Waals surface area contributed by atoms with E-state index in [1.54, 1.807) is 13.2 Å². The zero-order valence-corrected chi connectivity index (χ0v) is 11.6. The highest BCUT2D eigenvalue weighted by atomic mass is 19.1. The Labute approximate surface area is 118 Å². The number of anilines is 1. The van der Waals surface area contributed by atoms with Crippen LogP contribution in [0.1, 0.15) is 5.56 Å². The summed E-state index contributed by atoms with van der Waals surface area (Å²) in [5.41, 5.74) is 1.77. The molecule has 1 aromatic carbocycles. The second kappa shape index (κ2) is 7.21. The fourth-order valence-corrected chi connectivity index (χ4v) is 2.25. The van der Waals surface area contributed by atoms with Crippen molar-refractivity contribution in [2.24, 2.45) is 0 Å². The third-order valence-electron chi connectivity index (χ3n) is 3.22. The first kappa shape index (κ1) is 14.7. The van der Waals surface area contributed by atoms with Crippen LogP contribution in [0.2, 0.25) is 0 Å². The minimum Gasteiger partial charge on any atom is -0.383 e. The maximum atomic E-state index is 13.4. The van der Waals surface area contributed by atoms with Crippen molar-refractivity contribution in [1.29, 1.82) is 0 Å². The lowest BCUT2D eigenvalue weighted by atomic mass is 10.1. The Hall–Kier alpha value is -1.66. The monoisotopic (exact) mass is 281 g/mol. The highest BCUT2D eigenvalue weighted by Gasteiger charge is 2.19. The van der Waals surface area contributed by atoms with E-state index in [1.165, 1.54) is 12.1 Å². The maximum Gasteiger partial charge on any atom is 0.239 e. The molecule has 1 aliphatic heterocycles. The SMILES string of the molecule is COCCNCc1cc(F)ccc1N1CCNC(=O)C1. The maximum absolute atomic E-state index is 13.4. The standard InChI is InChI=1S/C14H20FN3O2/c1-20-7-5-16-9-11-8-12(15)2-3-13(11)18-6-4-17-14(19)10-18/h2-3,8,16H,4-7,9-10H2,1H3,(H,17,19). The van der Waals surface area contributed by atoms with Gasteiger partial charge in [0.15, 0.2) is 0 Å². The summed E-state index contributed by atoms with van der Waals surface area (Å²) in [7, 11) is 1.64. The number of carbonyl (C=O) groups is 1.